The molecule has 3 aromatic rings. The number of nitrogens with zero attached hydrogens (tertiary/aromatic N) is 2. The number of carbonyl (C=O) groups excluding carboxylic acids is 2. The molecule has 0 spiro atoms. The molecule has 0 saturated carbocycles. The minimum atomic E-state index is -0.120. The van der Waals surface area contributed by atoms with Crippen LogP contribution in [0.4, 0.5) is 0 Å². The van der Waals surface area contributed by atoms with Crippen molar-refractivity contribution in [3.8, 4) is 5.75 Å². The highest BCUT2D eigenvalue weighted by atomic mass is 16.5. The lowest BCUT2D eigenvalue weighted by Crippen LogP contribution is -2.50. The van der Waals surface area contributed by atoms with E-state index in [0.29, 0.717) is 51.4 Å². The van der Waals surface area contributed by atoms with Crippen LogP contribution < -0.4 is 4.74 Å². The zero-order chi connectivity index (χ0) is 20.1. The van der Waals surface area contributed by atoms with Gasteiger partial charge in [-0.05, 0) is 30.0 Å². The molecule has 1 aromatic heterocycles. The quantitative estimate of drug-likeness (QED) is 0.602. The number of fused-ring (bicyclic) bond motifs is 1. The van der Waals surface area contributed by atoms with Gasteiger partial charge in [0.25, 0.3) is 5.91 Å². The molecular formula is C23H24N2O4. The first kappa shape index (κ1) is 19.1. The van der Waals surface area contributed by atoms with Crippen LogP contribution in [0, 0.1) is 0 Å². The number of hydrogen-bond acceptors (Lipinski definition) is 4. The summed E-state index contributed by atoms with van der Waals surface area (Å²) in [6, 6.07) is 17.5. The molecule has 0 atom stereocenters. The van der Waals surface area contributed by atoms with Crippen molar-refractivity contribution in [2.45, 2.75) is 12.8 Å². The van der Waals surface area contributed by atoms with Gasteiger partial charge in [-0.3, -0.25) is 9.59 Å². The highest BCUT2D eigenvalue weighted by molar-refractivity contribution is 5.91. The van der Waals surface area contributed by atoms with Crippen LogP contribution in [0.3, 0.4) is 0 Å². The average molecular weight is 392 g/mol. The summed E-state index contributed by atoms with van der Waals surface area (Å²) in [6.07, 6.45) is 2.60. The Morgan fingerprint density at radius 1 is 0.897 bits per heavy atom. The number of rotatable bonds is 6. The molecule has 0 radical (unpaired) electrons. The molecule has 0 aliphatic carbocycles. The second-order valence-corrected chi connectivity index (χ2v) is 7.08. The van der Waals surface area contributed by atoms with Crippen LogP contribution in [-0.4, -0.2) is 54.4 Å². The van der Waals surface area contributed by atoms with Gasteiger partial charge in [0.05, 0.1) is 12.9 Å². The number of furan rings is 1. The van der Waals surface area contributed by atoms with E-state index in [9.17, 15) is 9.59 Å². The van der Waals surface area contributed by atoms with Gasteiger partial charge >= 0.3 is 0 Å². The number of carbonyl (C=O) groups is 2. The Bertz CT molecular complexity index is 970. The Morgan fingerprint density at radius 3 is 2.45 bits per heavy atom. The molecule has 0 unspecified atom stereocenters. The molecule has 1 aliphatic rings. The van der Waals surface area contributed by atoms with E-state index in [2.05, 4.69) is 12.1 Å². The zero-order valence-electron chi connectivity index (χ0n) is 16.3. The first-order valence-electron chi connectivity index (χ1n) is 9.93. The lowest BCUT2D eigenvalue weighted by atomic mass is 10.1. The molecule has 2 amide bonds. The monoisotopic (exact) mass is 392 g/mol. The summed E-state index contributed by atoms with van der Waals surface area (Å²) >= 11 is 0. The third kappa shape index (κ3) is 4.42. The molecule has 29 heavy (non-hydrogen) atoms. The summed E-state index contributed by atoms with van der Waals surface area (Å²) in [4.78, 5) is 28.3. The van der Waals surface area contributed by atoms with Crippen molar-refractivity contribution in [2.24, 2.45) is 0 Å². The van der Waals surface area contributed by atoms with Crippen molar-refractivity contribution in [2.75, 3.05) is 32.8 Å². The highest BCUT2D eigenvalue weighted by Crippen LogP contribution is 2.25. The van der Waals surface area contributed by atoms with Gasteiger partial charge in [0.15, 0.2) is 5.76 Å². The topological polar surface area (TPSA) is 63.0 Å². The van der Waals surface area contributed by atoms with E-state index in [0.717, 1.165) is 16.5 Å². The molecule has 6 nitrogen and oxygen atoms in total. The molecule has 1 saturated heterocycles. The minimum Gasteiger partial charge on any atom is -0.493 e. The van der Waals surface area contributed by atoms with Crippen LogP contribution in [0.5, 0.6) is 5.75 Å². The number of benzene rings is 2. The lowest BCUT2D eigenvalue weighted by molar-refractivity contribution is -0.132. The summed E-state index contributed by atoms with van der Waals surface area (Å²) in [7, 11) is 0. The van der Waals surface area contributed by atoms with E-state index >= 15 is 0 Å². The SMILES string of the molecule is O=C(CCCOc1cccc2ccccc12)N1CCN(C(=O)c2ccco2)CC1. The second kappa shape index (κ2) is 8.82. The molecule has 6 heteroatoms. The summed E-state index contributed by atoms with van der Waals surface area (Å²) in [6.45, 7) is 2.65. The van der Waals surface area contributed by atoms with Gasteiger partial charge in [-0.1, -0.05) is 36.4 Å². The molecule has 150 valence electrons. The summed E-state index contributed by atoms with van der Waals surface area (Å²) in [5.41, 5.74) is 0. The van der Waals surface area contributed by atoms with E-state index < -0.39 is 0 Å². The third-order valence-corrected chi connectivity index (χ3v) is 5.19. The number of hydrogen-bond donors (Lipinski definition) is 0. The van der Waals surface area contributed by atoms with Gasteiger partial charge in [-0.2, -0.15) is 0 Å². The Hall–Kier alpha value is -3.28. The molecule has 4 rings (SSSR count). The van der Waals surface area contributed by atoms with Crippen LogP contribution in [-0.2, 0) is 4.79 Å². The predicted octanol–water partition coefficient (Wildman–Crippen LogP) is 3.58. The number of piperazine rings is 1. The van der Waals surface area contributed by atoms with E-state index in [4.69, 9.17) is 9.15 Å². The average Bonchev–Trinajstić information content (AvgIpc) is 3.31. The minimum absolute atomic E-state index is 0.108. The van der Waals surface area contributed by atoms with Crippen LogP contribution in [0.15, 0.2) is 65.3 Å². The van der Waals surface area contributed by atoms with Gasteiger partial charge in [0.1, 0.15) is 5.75 Å². The molecule has 2 aromatic carbocycles. The Kier molecular flexibility index (Phi) is 5.79. The zero-order valence-corrected chi connectivity index (χ0v) is 16.3. The predicted molar refractivity (Wildman–Crippen MR) is 110 cm³/mol. The third-order valence-electron chi connectivity index (χ3n) is 5.19. The molecule has 2 heterocycles. The van der Waals surface area contributed by atoms with Crippen LogP contribution in [0.2, 0.25) is 0 Å². The first-order valence-corrected chi connectivity index (χ1v) is 9.93. The van der Waals surface area contributed by atoms with Crippen molar-refractivity contribution in [1.82, 2.24) is 9.80 Å². The largest absolute Gasteiger partial charge is 0.493 e. The van der Waals surface area contributed by atoms with Crippen LogP contribution >= 0.6 is 0 Å². The Balaban J connectivity index is 1.21. The van der Waals surface area contributed by atoms with Crippen molar-refractivity contribution in [3.05, 3.63) is 66.6 Å². The van der Waals surface area contributed by atoms with Crippen molar-refractivity contribution < 1.29 is 18.7 Å². The summed E-state index contributed by atoms with van der Waals surface area (Å²) in [5, 5.41) is 2.22. The van der Waals surface area contributed by atoms with E-state index in [1.165, 1.54) is 6.26 Å². The highest BCUT2D eigenvalue weighted by Gasteiger charge is 2.25. The van der Waals surface area contributed by atoms with Crippen molar-refractivity contribution in [3.63, 3.8) is 0 Å². The normalized spacial score (nSPS) is 14.2. The maximum Gasteiger partial charge on any atom is 0.289 e. The number of ether oxygens (including phenoxy) is 1. The van der Waals surface area contributed by atoms with Gasteiger partial charge in [0.2, 0.25) is 5.91 Å². The maximum absolute atomic E-state index is 12.5. The smallest absolute Gasteiger partial charge is 0.289 e. The molecule has 0 bridgehead atoms. The summed E-state index contributed by atoms with van der Waals surface area (Å²) < 4.78 is 11.1. The van der Waals surface area contributed by atoms with Crippen LogP contribution in [0.1, 0.15) is 23.4 Å². The van der Waals surface area contributed by atoms with Gasteiger partial charge in [-0.15, -0.1) is 0 Å². The fourth-order valence-corrected chi connectivity index (χ4v) is 3.60. The molecule has 0 N–H and O–H groups in total. The van der Waals surface area contributed by atoms with E-state index in [-0.39, 0.29) is 11.8 Å². The maximum atomic E-state index is 12.5. The number of amides is 2. The summed E-state index contributed by atoms with van der Waals surface area (Å²) in [5.74, 6) is 1.18. The molecule has 1 fully saturated rings. The van der Waals surface area contributed by atoms with Gasteiger partial charge < -0.3 is 19.0 Å². The fraction of sp³-hybridized carbons (Fsp3) is 0.304. The van der Waals surface area contributed by atoms with Gasteiger partial charge in [-0.25, -0.2) is 0 Å². The van der Waals surface area contributed by atoms with Crippen LogP contribution in [0.25, 0.3) is 10.8 Å². The Labute approximate surface area is 169 Å². The van der Waals surface area contributed by atoms with E-state index in [1.54, 1.807) is 17.0 Å². The lowest BCUT2D eigenvalue weighted by Gasteiger charge is -2.34. The second-order valence-electron chi connectivity index (χ2n) is 7.08. The standard InChI is InChI=1S/C23H24N2O4/c26-22(24-12-14-25(15-13-24)23(27)21-10-4-16-29-21)11-5-17-28-20-9-3-7-18-6-1-2-8-19(18)20/h1-4,6-10,16H,5,11-15,17H2. The first-order chi connectivity index (χ1) is 14.2. The van der Waals surface area contributed by atoms with Crippen molar-refractivity contribution >= 4 is 22.6 Å². The Morgan fingerprint density at radius 2 is 1.66 bits per heavy atom. The van der Waals surface area contributed by atoms with E-state index in [1.807, 2.05) is 35.2 Å². The fourth-order valence-electron chi connectivity index (χ4n) is 3.60. The molecule has 1 aliphatic heterocycles. The van der Waals surface area contributed by atoms with Crippen molar-refractivity contribution in [1.29, 1.82) is 0 Å². The van der Waals surface area contributed by atoms with Gasteiger partial charge in [0, 0.05) is 38.0 Å². The molecular weight excluding hydrogens is 368 g/mol.